The topological polar surface area (TPSA) is 185 Å². The predicted octanol–water partition coefficient (Wildman–Crippen LogP) is 7.00. The van der Waals surface area contributed by atoms with Gasteiger partial charge >= 0.3 is 0 Å². The Kier molecular flexibility index (Phi) is 15.2. The first-order valence-electron chi connectivity index (χ1n) is 23.9. The molecular formula is C54H73N3O7. The minimum absolute atomic E-state index is 0.00543. The molecule has 7 rings (SSSR count). The molecule has 3 aliphatic carbocycles. The molecule has 0 aromatic heterocycles. The molecule has 1 amide bonds. The van der Waals surface area contributed by atoms with E-state index < -0.39 is 59.5 Å². The van der Waals surface area contributed by atoms with Crippen molar-refractivity contribution < 1.29 is 35.1 Å². The van der Waals surface area contributed by atoms with Gasteiger partial charge in [-0.15, -0.1) is 0 Å². The number of aryl methyl sites for hydroxylation is 1. The zero-order valence-electron chi connectivity index (χ0n) is 38.5. The molecule has 1 spiro atoms. The van der Waals surface area contributed by atoms with E-state index in [1.165, 1.54) is 5.57 Å². The highest BCUT2D eigenvalue weighted by molar-refractivity contribution is 5.98. The highest BCUT2D eigenvalue weighted by Gasteiger charge is 2.67. The van der Waals surface area contributed by atoms with E-state index in [1.54, 1.807) is 0 Å². The zero-order valence-corrected chi connectivity index (χ0v) is 38.5. The number of amides is 1. The Morgan fingerprint density at radius 2 is 1.73 bits per heavy atom. The second-order valence-corrected chi connectivity index (χ2v) is 20.2. The summed E-state index contributed by atoms with van der Waals surface area (Å²) in [4.78, 5) is 28.4. The van der Waals surface area contributed by atoms with Crippen LogP contribution in [0.3, 0.4) is 0 Å². The van der Waals surface area contributed by atoms with Crippen LogP contribution in [0, 0.1) is 23.2 Å². The first-order chi connectivity index (χ1) is 30.5. The Hall–Kier alpha value is -4.00. The lowest BCUT2D eigenvalue weighted by molar-refractivity contribution is -0.169. The number of aliphatic hydroxyl groups is 5. The third-order valence-corrected chi connectivity index (χ3v) is 15.6. The molecule has 2 bridgehead atoms. The van der Waals surface area contributed by atoms with Crippen LogP contribution < -0.4 is 16.4 Å². The molecule has 2 aromatic rings. The van der Waals surface area contributed by atoms with Crippen LogP contribution in [0.4, 0.5) is 0 Å². The summed E-state index contributed by atoms with van der Waals surface area (Å²) >= 11 is 0. The number of hydrogen-bond acceptors (Lipinski definition) is 9. The number of rotatable bonds is 5. The predicted molar refractivity (Wildman–Crippen MR) is 252 cm³/mol. The second kappa shape index (κ2) is 20.3. The maximum atomic E-state index is 14.8. The van der Waals surface area contributed by atoms with Gasteiger partial charge in [0.05, 0.1) is 30.0 Å². The van der Waals surface area contributed by atoms with Crippen molar-refractivity contribution in [3.8, 4) is 0 Å². The number of aliphatic hydroxyl groups excluding tert-OH is 4. The maximum absolute atomic E-state index is 14.8. The van der Waals surface area contributed by atoms with Crippen molar-refractivity contribution in [2.75, 3.05) is 6.54 Å². The number of ketones is 1. The van der Waals surface area contributed by atoms with Crippen molar-refractivity contribution in [1.82, 2.24) is 10.6 Å². The minimum atomic E-state index is -1.32. The number of carbonyl (C=O) groups is 2. The van der Waals surface area contributed by atoms with Crippen molar-refractivity contribution in [3.05, 3.63) is 129 Å². The number of nitrogens with two attached hydrogens (primary N) is 1. The molecule has 10 heteroatoms. The van der Waals surface area contributed by atoms with E-state index in [-0.39, 0.29) is 30.6 Å². The summed E-state index contributed by atoms with van der Waals surface area (Å²) in [6.07, 6.45) is 11.5. The molecule has 3 saturated carbocycles. The van der Waals surface area contributed by atoms with Gasteiger partial charge < -0.3 is 36.6 Å². The lowest BCUT2D eigenvalue weighted by Crippen LogP contribution is -2.59. The van der Waals surface area contributed by atoms with Gasteiger partial charge in [0, 0.05) is 24.3 Å². The Morgan fingerprint density at radius 3 is 2.52 bits per heavy atom. The minimum Gasteiger partial charge on any atom is -0.393 e. The quantitative estimate of drug-likeness (QED) is 0.116. The van der Waals surface area contributed by atoms with Crippen LogP contribution in [0.1, 0.15) is 138 Å². The maximum Gasteiger partial charge on any atom is 0.243 e. The Bertz CT molecular complexity index is 2180. The van der Waals surface area contributed by atoms with Crippen molar-refractivity contribution in [1.29, 1.82) is 0 Å². The Morgan fingerprint density at radius 1 is 0.969 bits per heavy atom. The van der Waals surface area contributed by atoms with Gasteiger partial charge in [-0.05, 0) is 156 Å². The normalized spacial score (nSPS) is 35.8. The Balaban J connectivity index is 1.30. The average molecular weight is 876 g/mol. The largest absolute Gasteiger partial charge is 0.393 e. The van der Waals surface area contributed by atoms with E-state index in [2.05, 4.69) is 43.2 Å². The van der Waals surface area contributed by atoms with E-state index in [1.807, 2.05) is 68.5 Å². The van der Waals surface area contributed by atoms with Gasteiger partial charge in [0.2, 0.25) is 5.91 Å². The van der Waals surface area contributed by atoms with Crippen molar-refractivity contribution in [2.45, 2.75) is 160 Å². The molecule has 0 unspecified atom stereocenters. The number of carbonyl (C=O) groups excluding carboxylic acids is 2. The van der Waals surface area contributed by atoms with Crippen LogP contribution in [0.2, 0.25) is 0 Å². The Labute approximate surface area is 380 Å². The molecule has 10 nitrogen and oxygen atoms in total. The molecule has 2 aliphatic heterocycles. The molecule has 11 atom stereocenters. The monoisotopic (exact) mass is 876 g/mol. The van der Waals surface area contributed by atoms with Crippen molar-refractivity contribution >= 4 is 11.7 Å². The summed E-state index contributed by atoms with van der Waals surface area (Å²) in [6.45, 7) is 12.3. The molecule has 346 valence electrons. The summed E-state index contributed by atoms with van der Waals surface area (Å²) in [6, 6.07) is 12.8. The average Bonchev–Trinajstić information content (AvgIpc) is 3.43. The summed E-state index contributed by atoms with van der Waals surface area (Å²) in [5.41, 5.74) is 12.6. The summed E-state index contributed by atoms with van der Waals surface area (Å²) in [5.74, 6) is -1.32. The van der Waals surface area contributed by atoms with Gasteiger partial charge in [-0.3, -0.25) is 14.9 Å². The number of allylic oxidation sites excluding steroid dienone is 8. The van der Waals surface area contributed by atoms with Gasteiger partial charge in [-0.1, -0.05) is 96.5 Å². The molecule has 0 saturated heterocycles. The van der Waals surface area contributed by atoms with Gasteiger partial charge in [-0.2, -0.15) is 0 Å². The van der Waals surface area contributed by atoms with E-state index in [0.29, 0.717) is 80.1 Å². The first-order valence-corrected chi connectivity index (χ1v) is 23.9. The SMILES string of the molecule is C=C(/C=C/C=C1\[C@H]2[C@H](CCC[C@@H]1O)C[C@@]1([C@@H]3CC[C@H](O)Cc4cccc(c4)CC[C@H](O)CN[C@@H]4C(=O)N[C@H](N)c5cccc(c54)CC(=O)/C(C)=C/3CC[C@@]1(C)O)[C@@H]2O)CCC=C(C)C. The summed E-state index contributed by atoms with van der Waals surface area (Å²) in [5, 5.41) is 66.7. The van der Waals surface area contributed by atoms with Crippen LogP contribution in [0.5, 0.6) is 0 Å². The van der Waals surface area contributed by atoms with E-state index in [0.717, 1.165) is 53.5 Å². The van der Waals surface area contributed by atoms with E-state index in [4.69, 9.17) is 5.73 Å². The fraction of sp³-hybridized carbons (Fsp3) is 0.556. The fourth-order valence-corrected chi connectivity index (χ4v) is 12.2. The number of hydrogen-bond donors (Lipinski definition) is 8. The molecular weight excluding hydrogens is 803 g/mol. The molecule has 2 aromatic carbocycles. The molecule has 3 fully saturated rings. The summed E-state index contributed by atoms with van der Waals surface area (Å²) < 4.78 is 0. The zero-order chi connectivity index (χ0) is 45.9. The third-order valence-electron chi connectivity index (χ3n) is 15.6. The third kappa shape index (κ3) is 10.0. The number of nitrogens with one attached hydrogen (secondary N) is 2. The summed E-state index contributed by atoms with van der Waals surface area (Å²) in [7, 11) is 0. The second-order valence-electron chi connectivity index (χ2n) is 20.2. The smallest absolute Gasteiger partial charge is 0.243 e. The molecule has 5 aliphatic rings. The van der Waals surface area contributed by atoms with Gasteiger partial charge in [0.15, 0.2) is 5.78 Å². The van der Waals surface area contributed by atoms with Crippen molar-refractivity contribution in [2.24, 2.45) is 28.9 Å². The highest BCUT2D eigenvalue weighted by Crippen LogP contribution is 2.66. The van der Waals surface area contributed by atoms with Gasteiger partial charge in [0.25, 0.3) is 0 Å². The standard InChI is InChI=1S/C54H73N3O7/c1-32(2)11-6-12-33(3)13-7-18-42-45(60)20-10-17-38-30-54(50(62)48(38)42)44-24-23-39(58)28-36-15-8-14-35(27-36)21-22-40(59)31-56-49-47-37(16-9-19-43(47)51(55)57-52(49)63)29-46(61)34(4)41(44)25-26-53(54,5)64/h7-9,11,13-16,18-19,27,38-40,44-45,48-51,56,58-60,62,64H,3,6,10,12,17,20-26,28-31,55H2,1-2,4-5H3,(H,57,63)/b13-7+,41-34+,42-18-/t38-,39+,40+,44-,45+,48-,49+,50-,51+,53-,54-/m1/s1. The molecule has 9 N–H and O–H groups in total. The lowest BCUT2D eigenvalue weighted by atomic mass is 9.52. The van der Waals surface area contributed by atoms with Gasteiger partial charge in [0.1, 0.15) is 12.2 Å². The van der Waals surface area contributed by atoms with Crippen LogP contribution >= 0.6 is 0 Å². The number of benzene rings is 2. The number of Topliss-reactive ketones (excluding diaryl/α,β-unsaturated/α-hetero) is 1. The number of β-amino-alcohol motifs (C(OH)–C–C–N with tert-alkyl or cyclic N) is 1. The first kappa shape index (κ1) is 47.9. The highest BCUT2D eigenvalue weighted by atomic mass is 16.3. The van der Waals surface area contributed by atoms with E-state index in [9.17, 15) is 35.1 Å². The van der Waals surface area contributed by atoms with Gasteiger partial charge in [-0.25, -0.2) is 0 Å². The van der Waals surface area contributed by atoms with E-state index >= 15 is 0 Å². The molecule has 2 heterocycles. The van der Waals surface area contributed by atoms with Crippen LogP contribution in [0.15, 0.2) is 101 Å². The number of fused-ring (bicyclic) bond motifs is 5. The van der Waals surface area contributed by atoms with Crippen LogP contribution in [0.25, 0.3) is 0 Å². The van der Waals surface area contributed by atoms with Crippen LogP contribution in [-0.2, 0) is 28.9 Å². The fourth-order valence-electron chi connectivity index (χ4n) is 12.2. The van der Waals surface area contributed by atoms with Crippen molar-refractivity contribution in [3.63, 3.8) is 0 Å². The lowest BCUT2D eigenvalue weighted by Gasteiger charge is -2.56. The van der Waals surface area contributed by atoms with Crippen LogP contribution in [-0.4, -0.2) is 73.8 Å². The molecule has 0 radical (unpaired) electrons. The molecule has 64 heavy (non-hydrogen) atoms.